The van der Waals surface area contributed by atoms with Crippen molar-refractivity contribution in [2.75, 3.05) is 26.3 Å². The molecule has 154 valence electrons. The molecule has 0 fully saturated rings. The van der Waals surface area contributed by atoms with Crippen LogP contribution in [0.25, 0.3) is 11.3 Å². The number of benzene rings is 2. The average Bonchev–Trinajstić information content (AvgIpc) is 3.23. The normalized spacial score (nSPS) is 11.8. The fraction of sp³-hybridized carbons (Fsp3) is 0.190. The monoisotopic (exact) mass is 409 g/mol. The fourth-order valence-electron chi connectivity index (χ4n) is 3.00. The van der Waals surface area contributed by atoms with E-state index in [0.717, 1.165) is 10.2 Å². The second-order valence-corrected chi connectivity index (χ2v) is 6.40. The smallest absolute Gasteiger partial charge is 0.267 e. The lowest BCUT2D eigenvalue weighted by atomic mass is 10.1. The first-order valence-electron chi connectivity index (χ1n) is 9.07. The van der Waals surface area contributed by atoms with Crippen LogP contribution in [0.5, 0.6) is 23.0 Å². The first kappa shape index (κ1) is 19.3. The molecule has 0 spiro atoms. The lowest BCUT2D eigenvalue weighted by Gasteiger charge is -2.12. The third kappa shape index (κ3) is 3.90. The minimum Gasteiger partial charge on any atom is -0.497 e. The standard InChI is InChI=1S/C21H19N3O6/c1-27-14-4-5-16(18(10-14)28-2)22-20(25)11-24-21(26)8-6-15(23-24)13-3-7-17-19(9-13)30-12-29-17/h3-10H,11-12H2,1-2H3,(H,22,25). The van der Waals surface area contributed by atoms with Crippen LogP contribution >= 0.6 is 0 Å². The van der Waals surface area contributed by atoms with E-state index in [9.17, 15) is 9.59 Å². The summed E-state index contributed by atoms with van der Waals surface area (Å²) in [6.45, 7) is -0.0902. The van der Waals surface area contributed by atoms with Gasteiger partial charge in [0.2, 0.25) is 12.7 Å². The summed E-state index contributed by atoms with van der Waals surface area (Å²) in [5, 5.41) is 7.04. The summed E-state index contributed by atoms with van der Waals surface area (Å²) < 4.78 is 22.2. The number of nitrogens with one attached hydrogen (secondary N) is 1. The first-order valence-corrected chi connectivity index (χ1v) is 9.07. The lowest BCUT2D eigenvalue weighted by Crippen LogP contribution is -2.29. The van der Waals surface area contributed by atoms with Crippen LogP contribution in [0.3, 0.4) is 0 Å². The number of aromatic nitrogens is 2. The van der Waals surface area contributed by atoms with Crippen LogP contribution in [0.15, 0.2) is 53.3 Å². The van der Waals surface area contributed by atoms with Gasteiger partial charge in [0.1, 0.15) is 18.0 Å². The molecular formula is C21H19N3O6. The van der Waals surface area contributed by atoms with Crippen molar-refractivity contribution in [2.45, 2.75) is 6.54 Å². The number of carbonyl (C=O) groups excluding carboxylic acids is 1. The quantitative estimate of drug-likeness (QED) is 0.667. The maximum absolute atomic E-state index is 12.5. The van der Waals surface area contributed by atoms with Crippen LogP contribution in [0.1, 0.15) is 0 Å². The summed E-state index contributed by atoms with van der Waals surface area (Å²) in [5.41, 5.74) is 1.34. The van der Waals surface area contributed by atoms with Crippen molar-refractivity contribution in [3.8, 4) is 34.3 Å². The molecule has 0 saturated heterocycles. The minimum absolute atomic E-state index is 0.167. The average molecular weight is 409 g/mol. The van der Waals surface area contributed by atoms with E-state index in [2.05, 4.69) is 10.4 Å². The molecule has 0 unspecified atom stereocenters. The van der Waals surface area contributed by atoms with Crippen molar-refractivity contribution in [1.82, 2.24) is 9.78 Å². The Morgan fingerprint density at radius 1 is 1.07 bits per heavy atom. The number of rotatable bonds is 6. The summed E-state index contributed by atoms with van der Waals surface area (Å²) in [6.07, 6.45) is 0. The third-order valence-electron chi connectivity index (χ3n) is 4.51. The number of methoxy groups -OCH3 is 2. The molecule has 0 bridgehead atoms. The predicted molar refractivity (Wildman–Crippen MR) is 108 cm³/mol. The van der Waals surface area contributed by atoms with Crippen LogP contribution in [-0.2, 0) is 11.3 Å². The summed E-state index contributed by atoms with van der Waals surface area (Å²) in [7, 11) is 3.03. The summed E-state index contributed by atoms with van der Waals surface area (Å²) >= 11 is 0. The molecule has 2 heterocycles. The Morgan fingerprint density at radius 2 is 1.90 bits per heavy atom. The molecule has 1 aliphatic rings. The molecule has 30 heavy (non-hydrogen) atoms. The van der Waals surface area contributed by atoms with Crippen molar-refractivity contribution < 1.29 is 23.7 Å². The van der Waals surface area contributed by atoms with E-state index in [1.165, 1.54) is 20.3 Å². The molecule has 0 saturated carbocycles. The SMILES string of the molecule is COc1ccc(NC(=O)Cn2nc(-c3ccc4c(c3)OCO4)ccc2=O)c(OC)c1. The fourth-order valence-corrected chi connectivity index (χ4v) is 3.00. The molecule has 1 aromatic heterocycles. The minimum atomic E-state index is -0.420. The number of ether oxygens (including phenoxy) is 4. The van der Waals surface area contributed by atoms with Crippen molar-refractivity contribution in [3.05, 3.63) is 58.9 Å². The Bertz CT molecular complexity index is 1160. The molecule has 2 aromatic carbocycles. The Balaban J connectivity index is 1.54. The second kappa shape index (κ2) is 8.16. The van der Waals surface area contributed by atoms with Crippen LogP contribution in [0, 0.1) is 0 Å². The molecular weight excluding hydrogens is 390 g/mol. The van der Waals surface area contributed by atoms with E-state index >= 15 is 0 Å². The van der Waals surface area contributed by atoms with Crippen LogP contribution in [-0.4, -0.2) is 36.7 Å². The Labute approximate surface area is 171 Å². The Morgan fingerprint density at radius 3 is 2.70 bits per heavy atom. The van der Waals surface area contributed by atoms with E-state index in [1.54, 1.807) is 36.4 Å². The topological polar surface area (TPSA) is 101 Å². The molecule has 0 aliphatic carbocycles. The van der Waals surface area contributed by atoms with Crippen molar-refractivity contribution in [3.63, 3.8) is 0 Å². The molecule has 0 radical (unpaired) electrons. The summed E-state index contributed by atoms with van der Waals surface area (Å²) in [5.74, 6) is 1.88. The molecule has 1 aliphatic heterocycles. The molecule has 0 atom stereocenters. The van der Waals surface area contributed by atoms with E-state index in [-0.39, 0.29) is 13.3 Å². The number of nitrogens with zero attached hydrogens (tertiary/aromatic N) is 2. The number of carbonyl (C=O) groups is 1. The van der Waals surface area contributed by atoms with Gasteiger partial charge in [0.05, 0.1) is 25.6 Å². The van der Waals surface area contributed by atoms with Gasteiger partial charge in [-0.25, -0.2) is 4.68 Å². The molecule has 9 nitrogen and oxygen atoms in total. The van der Waals surface area contributed by atoms with E-state index in [1.807, 2.05) is 6.07 Å². The summed E-state index contributed by atoms with van der Waals surface area (Å²) in [6, 6.07) is 13.3. The van der Waals surface area contributed by atoms with Crippen LogP contribution in [0.2, 0.25) is 0 Å². The number of hydrogen-bond acceptors (Lipinski definition) is 7. The van der Waals surface area contributed by atoms with E-state index in [4.69, 9.17) is 18.9 Å². The molecule has 4 rings (SSSR count). The molecule has 1 N–H and O–H groups in total. The van der Waals surface area contributed by atoms with Crippen molar-refractivity contribution in [1.29, 1.82) is 0 Å². The summed E-state index contributed by atoms with van der Waals surface area (Å²) in [4.78, 5) is 24.7. The van der Waals surface area contributed by atoms with E-state index in [0.29, 0.717) is 34.4 Å². The lowest BCUT2D eigenvalue weighted by molar-refractivity contribution is -0.117. The van der Waals surface area contributed by atoms with Gasteiger partial charge >= 0.3 is 0 Å². The molecule has 3 aromatic rings. The van der Waals surface area contributed by atoms with Gasteiger partial charge in [-0.2, -0.15) is 5.10 Å². The van der Waals surface area contributed by atoms with Gasteiger partial charge in [0.15, 0.2) is 11.5 Å². The zero-order valence-corrected chi connectivity index (χ0v) is 16.4. The molecule has 9 heteroatoms. The predicted octanol–water partition coefficient (Wildman–Crippen LogP) is 2.29. The van der Waals surface area contributed by atoms with Crippen molar-refractivity contribution in [2.24, 2.45) is 0 Å². The second-order valence-electron chi connectivity index (χ2n) is 6.40. The van der Waals surface area contributed by atoms with Crippen LogP contribution in [0.4, 0.5) is 5.69 Å². The highest BCUT2D eigenvalue weighted by atomic mass is 16.7. The number of amides is 1. The van der Waals surface area contributed by atoms with Gasteiger partial charge in [-0.05, 0) is 36.4 Å². The Kier molecular flexibility index (Phi) is 5.25. The zero-order valence-electron chi connectivity index (χ0n) is 16.4. The highest BCUT2D eigenvalue weighted by molar-refractivity contribution is 5.92. The largest absolute Gasteiger partial charge is 0.497 e. The Hall–Kier alpha value is -4.01. The van der Waals surface area contributed by atoms with E-state index < -0.39 is 11.5 Å². The highest BCUT2D eigenvalue weighted by Crippen LogP contribution is 2.35. The highest BCUT2D eigenvalue weighted by Gasteiger charge is 2.16. The van der Waals surface area contributed by atoms with Gasteiger partial charge in [0, 0.05) is 17.7 Å². The number of fused-ring (bicyclic) bond motifs is 1. The van der Waals surface area contributed by atoms with Gasteiger partial charge in [0.25, 0.3) is 5.56 Å². The number of anilines is 1. The van der Waals surface area contributed by atoms with Crippen molar-refractivity contribution >= 4 is 11.6 Å². The molecule has 1 amide bonds. The van der Waals surface area contributed by atoms with Crippen LogP contribution < -0.4 is 29.8 Å². The number of hydrogen-bond donors (Lipinski definition) is 1. The van der Waals surface area contributed by atoms with Gasteiger partial charge in [-0.15, -0.1) is 0 Å². The van der Waals surface area contributed by atoms with Gasteiger partial charge < -0.3 is 24.3 Å². The third-order valence-corrected chi connectivity index (χ3v) is 4.51. The first-order chi connectivity index (χ1) is 14.6. The van der Waals surface area contributed by atoms with Gasteiger partial charge in [-0.3, -0.25) is 9.59 Å². The maximum Gasteiger partial charge on any atom is 0.267 e. The zero-order chi connectivity index (χ0) is 21.1. The van der Waals surface area contributed by atoms with Gasteiger partial charge in [-0.1, -0.05) is 0 Å². The maximum atomic E-state index is 12.5.